The highest BCUT2D eigenvalue weighted by Crippen LogP contribution is 2.37. The molecule has 0 spiro atoms. The van der Waals surface area contributed by atoms with Crippen molar-refractivity contribution < 1.29 is 110 Å². The zero-order valence-electron chi connectivity index (χ0n) is 21.8. The summed E-state index contributed by atoms with van der Waals surface area (Å²) in [5.41, 5.74) is -0.179. The fraction of sp³-hybridized carbons (Fsp3) is 0.500. The van der Waals surface area contributed by atoms with Gasteiger partial charge in [-0.1, -0.05) is 0 Å². The van der Waals surface area contributed by atoms with E-state index >= 15 is 0 Å². The standard InChI is InChI=1S/C22H14F12O12/c1-40-9-4-7(5-35)2-3-8(9)42-14-13(46-18(39)22(32,33)34)12(45-17(38)21(29,30)31)11(44-16(37)20(26,27)28)10(43-14)6-41-15(36)19(23,24)25/h2-5,10-14H,6H2,1H3/t10-,11-,12+,13-,14-/m1/s1. The van der Waals surface area contributed by atoms with Crippen molar-refractivity contribution >= 4 is 30.2 Å². The molecule has 0 bridgehead atoms. The van der Waals surface area contributed by atoms with E-state index in [0.29, 0.717) is 0 Å². The molecule has 0 aliphatic carbocycles. The maximum atomic E-state index is 13.1. The number of carbonyl (C=O) groups is 5. The van der Waals surface area contributed by atoms with Gasteiger partial charge in [0.15, 0.2) is 23.7 Å². The molecule has 1 heterocycles. The first kappa shape index (κ1) is 37.7. The first-order chi connectivity index (χ1) is 20.9. The summed E-state index contributed by atoms with van der Waals surface area (Å²) in [4.78, 5) is 57.2. The van der Waals surface area contributed by atoms with Crippen LogP contribution in [0.1, 0.15) is 10.4 Å². The zero-order valence-corrected chi connectivity index (χ0v) is 21.8. The summed E-state index contributed by atoms with van der Waals surface area (Å²) in [5.74, 6) is -14.6. The number of benzene rings is 1. The Morgan fingerprint density at radius 1 is 0.696 bits per heavy atom. The van der Waals surface area contributed by atoms with Gasteiger partial charge < -0.3 is 33.2 Å². The molecule has 0 unspecified atom stereocenters. The second-order valence-corrected chi connectivity index (χ2v) is 8.39. The highest BCUT2D eigenvalue weighted by atomic mass is 19.4. The third-order valence-electron chi connectivity index (χ3n) is 5.19. The van der Waals surface area contributed by atoms with Gasteiger partial charge in [0.1, 0.15) is 19.0 Å². The van der Waals surface area contributed by atoms with E-state index in [1.807, 2.05) is 0 Å². The molecule has 0 aromatic heterocycles. The molecule has 1 aromatic carbocycles. The molecule has 2 rings (SSSR count). The number of ether oxygens (including phenoxy) is 7. The molecule has 0 saturated carbocycles. The van der Waals surface area contributed by atoms with Crippen molar-refractivity contribution in [3.63, 3.8) is 0 Å². The number of rotatable bonds is 9. The quantitative estimate of drug-likeness (QED) is 0.161. The van der Waals surface area contributed by atoms with E-state index < -0.39 is 97.4 Å². The maximum absolute atomic E-state index is 13.1. The van der Waals surface area contributed by atoms with Crippen molar-refractivity contribution in [3.8, 4) is 11.5 Å². The van der Waals surface area contributed by atoms with Gasteiger partial charge in [0.2, 0.25) is 12.4 Å². The second-order valence-electron chi connectivity index (χ2n) is 8.39. The van der Waals surface area contributed by atoms with Crippen LogP contribution in [0.25, 0.3) is 0 Å². The van der Waals surface area contributed by atoms with Crippen molar-refractivity contribution in [3.05, 3.63) is 23.8 Å². The van der Waals surface area contributed by atoms with E-state index in [9.17, 15) is 76.7 Å². The van der Waals surface area contributed by atoms with Crippen LogP contribution in [0.15, 0.2) is 18.2 Å². The molecular formula is C22H14F12O12. The number of aldehydes is 1. The van der Waals surface area contributed by atoms with Crippen molar-refractivity contribution in [1.82, 2.24) is 0 Å². The number of hydrogen-bond acceptors (Lipinski definition) is 12. The summed E-state index contributed by atoms with van der Waals surface area (Å²) in [5, 5.41) is 0. The molecule has 0 amide bonds. The minimum atomic E-state index is -6.11. The van der Waals surface area contributed by atoms with Crippen LogP contribution in [-0.4, -0.2) is 99.3 Å². The third kappa shape index (κ3) is 9.74. The Hall–Kier alpha value is -4.51. The highest BCUT2D eigenvalue weighted by molar-refractivity contribution is 5.78. The van der Waals surface area contributed by atoms with Gasteiger partial charge in [-0.25, -0.2) is 19.2 Å². The number of hydrogen-bond donors (Lipinski definition) is 0. The van der Waals surface area contributed by atoms with E-state index in [2.05, 4.69) is 18.9 Å². The first-order valence-electron chi connectivity index (χ1n) is 11.4. The summed E-state index contributed by atoms with van der Waals surface area (Å²) in [6.45, 7) is -2.02. The number of esters is 4. The van der Waals surface area contributed by atoms with Gasteiger partial charge in [-0.3, -0.25) is 4.79 Å². The van der Waals surface area contributed by atoms with E-state index in [1.165, 1.54) is 0 Å². The van der Waals surface area contributed by atoms with Crippen molar-refractivity contribution in [1.29, 1.82) is 0 Å². The molecule has 258 valence electrons. The second kappa shape index (κ2) is 13.9. The summed E-state index contributed by atoms with van der Waals surface area (Å²) >= 11 is 0. The Balaban J connectivity index is 2.78. The van der Waals surface area contributed by atoms with E-state index in [-0.39, 0.29) is 11.8 Å². The molecule has 1 aromatic rings. The van der Waals surface area contributed by atoms with Crippen molar-refractivity contribution in [2.24, 2.45) is 0 Å². The highest BCUT2D eigenvalue weighted by Gasteiger charge is 2.59. The van der Waals surface area contributed by atoms with Crippen LogP contribution in [0, 0.1) is 0 Å². The van der Waals surface area contributed by atoms with Crippen LogP contribution < -0.4 is 9.47 Å². The molecule has 1 saturated heterocycles. The van der Waals surface area contributed by atoms with Gasteiger partial charge in [-0.05, 0) is 18.2 Å². The average Bonchev–Trinajstić information content (AvgIpc) is 2.92. The number of methoxy groups -OCH3 is 1. The van der Waals surface area contributed by atoms with Crippen molar-refractivity contribution in [2.45, 2.75) is 55.4 Å². The summed E-state index contributed by atoms with van der Waals surface area (Å²) < 4.78 is 186. The molecule has 0 N–H and O–H groups in total. The molecule has 5 atom stereocenters. The van der Waals surface area contributed by atoms with Gasteiger partial charge in [0.25, 0.3) is 0 Å². The monoisotopic (exact) mass is 698 g/mol. The Morgan fingerprint density at radius 3 is 1.59 bits per heavy atom. The molecule has 12 nitrogen and oxygen atoms in total. The average molecular weight is 698 g/mol. The Kier molecular flexibility index (Phi) is 11.4. The van der Waals surface area contributed by atoms with E-state index in [1.54, 1.807) is 0 Å². The molecule has 46 heavy (non-hydrogen) atoms. The summed E-state index contributed by atoms with van der Waals surface area (Å²) in [6, 6.07) is 2.53. The minimum Gasteiger partial charge on any atom is -0.493 e. The molecule has 1 fully saturated rings. The lowest BCUT2D eigenvalue weighted by atomic mass is 9.98. The predicted molar refractivity (Wildman–Crippen MR) is 112 cm³/mol. The Bertz CT molecular complexity index is 1300. The molecule has 1 aliphatic heterocycles. The lowest BCUT2D eigenvalue weighted by Gasteiger charge is -2.44. The zero-order chi connectivity index (χ0) is 35.4. The number of halogens is 12. The normalized spacial score (nSPS) is 22.2. The fourth-order valence-electron chi connectivity index (χ4n) is 3.30. The van der Waals surface area contributed by atoms with Crippen LogP contribution in [0.5, 0.6) is 11.5 Å². The van der Waals surface area contributed by atoms with Gasteiger partial charge in [-0.2, -0.15) is 52.7 Å². The van der Waals surface area contributed by atoms with Crippen LogP contribution in [0.2, 0.25) is 0 Å². The lowest BCUT2D eigenvalue weighted by molar-refractivity contribution is -0.306. The Labute approximate surface area is 245 Å². The maximum Gasteiger partial charge on any atom is 0.490 e. The SMILES string of the molecule is COc1cc(C=O)ccc1O[C@@H]1O[C@H](COC(=O)C(F)(F)F)[C@@H](OC(=O)C(F)(F)F)[C@H](OC(=O)C(F)(F)F)[C@H]1OC(=O)C(F)(F)F. The van der Waals surface area contributed by atoms with Gasteiger partial charge >= 0.3 is 48.6 Å². The number of carbonyl (C=O) groups excluding carboxylic acids is 5. The fourth-order valence-corrected chi connectivity index (χ4v) is 3.30. The minimum absolute atomic E-state index is 0.179. The van der Waals surface area contributed by atoms with Crippen molar-refractivity contribution in [2.75, 3.05) is 13.7 Å². The predicted octanol–water partition coefficient (Wildman–Crippen LogP) is 3.14. The van der Waals surface area contributed by atoms with Crippen LogP contribution in [-0.2, 0) is 42.9 Å². The Morgan fingerprint density at radius 2 is 1.15 bits per heavy atom. The molecule has 24 heteroatoms. The largest absolute Gasteiger partial charge is 0.493 e. The van der Waals surface area contributed by atoms with E-state index in [0.717, 1.165) is 25.3 Å². The first-order valence-corrected chi connectivity index (χ1v) is 11.4. The lowest BCUT2D eigenvalue weighted by Crippen LogP contribution is -2.65. The summed E-state index contributed by atoms with van der Waals surface area (Å²) in [6.07, 6.45) is -39.8. The van der Waals surface area contributed by atoms with Crippen LogP contribution in [0.3, 0.4) is 0 Å². The van der Waals surface area contributed by atoms with Crippen LogP contribution >= 0.6 is 0 Å². The van der Waals surface area contributed by atoms with E-state index in [4.69, 9.17) is 14.2 Å². The third-order valence-corrected chi connectivity index (χ3v) is 5.19. The van der Waals surface area contributed by atoms with Gasteiger partial charge in [-0.15, -0.1) is 0 Å². The smallest absolute Gasteiger partial charge is 0.490 e. The number of alkyl halides is 12. The topological polar surface area (TPSA) is 150 Å². The molecule has 0 radical (unpaired) electrons. The molecular weight excluding hydrogens is 684 g/mol. The van der Waals surface area contributed by atoms with Crippen LogP contribution in [0.4, 0.5) is 52.7 Å². The molecule has 1 aliphatic rings. The van der Waals surface area contributed by atoms with Gasteiger partial charge in [0, 0.05) is 5.56 Å². The summed E-state index contributed by atoms with van der Waals surface area (Å²) in [7, 11) is 0.888. The van der Waals surface area contributed by atoms with Gasteiger partial charge in [0.05, 0.1) is 7.11 Å².